The molecule has 16 heavy (non-hydrogen) atoms. The van der Waals surface area contributed by atoms with E-state index in [4.69, 9.17) is 0 Å². The minimum Gasteiger partial charge on any atom is -0.238 e. The van der Waals surface area contributed by atoms with Gasteiger partial charge in [0, 0.05) is 5.69 Å². The van der Waals surface area contributed by atoms with E-state index in [0.29, 0.717) is 5.92 Å². The van der Waals surface area contributed by atoms with Crippen molar-refractivity contribution in [3.05, 3.63) is 47.5 Å². The predicted molar refractivity (Wildman–Crippen MR) is 60.1 cm³/mol. The first-order valence-electron chi connectivity index (χ1n) is 5.56. The third-order valence-corrected chi connectivity index (χ3v) is 3.14. The predicted octanol–water partition coefficient (Wildman–Crippen LogP) is 2.75. The van der Waals surface area contributed by atoms with Crippen LogP contribution in [0.5, 0.6) is 0 Å². The first-order valence-corrected chi connectivity index (χ1v) is 5.56. The van der Waals surface area contributed by atoms with E-state index in [9.17, 15) is 4.39 Å². The van der Waals surface area contributed by atoms with Crippen molar-refractivity contribution >= 4 is 0 Å². The van der Waals surface area contributed by atoms with Crippen molar-refractivity contribution in [3.8, 4) is 5.69 Å². The van der Waals surface area contributed by atoms with E-state index in [1.165, 1.54) is 23.4 Å². The third-order valence-electron chi connectivity index (χ3n) is 3.14. The summed E-state index contributed by atoms with van der Waals surface area (Å²) >= 11 is 0. The highest BCUT2D eigenvalue weighted by atomic mass is 19.1. The van der Waals surface area contributed by atoms with Gasteiger partial charge in [0.05, 0.1) is 11.9 Å². The largest absolute Gasteiger partial charge is 0.238 e. The summed E-state index contributed by atoms with van der Waals surface area (Å²) in [5.41, 5.74) is 3.55. The topological polar surface area (TPSA) is 17.8 Å². The Morgan fingerprint density at radius 3 is 2.75 bits per heavy atom. The molecule has 0 spiro atoms. The lowest BCUT2D eigenvalue weighted by Crippen LogP contribution is -2.03. The second-order valence-electron chi connectivity index (χ2n) is 4.52. The molecule has 1 heterocycles. The van der Waals surface area contributed by atoms with E-state index < -0.39 is 0 Å². The fraction of sp³-hybridized carbons (Fsp3) is 0.308. The van der Waals surface area contributed by atoms with Crippen molar-refractivity contribution in [1.82, 2.24) is 9.78 Å². The van der Waals surface area contributed by atoms with Crippen LogP contribution in [0, 0.1) is 11.7 Å². The Morgan fingerprint density at radius 2 is 2.00 bits per heavy atom. The number of rotatable bonds is 1. The zero-order chi connectivity index (χ0) is 11.1. The Balaban J connectivity index is 2.05. The Hall–Kier alpha value is -1.64. The molecule has 2 aromatic rings. The first-order chi connectivity index (χ1) is 7.74. The lowest BCUT2D eigenvalue weighted by Gasteiger charge is -2.06. The van der Waals surface area contributed by atoms with E-state index in [1.807, 2.05) is 10.9 Å². The number of nitrogens with zero attached hydrogens (tertiary/aromatic N) is 2. The monoisotopic (exact) mass is 216 g/mol. The van der Waals surface area contributed by atoms with Crippen LogP contribution < -0.4 is 0 Å². The lowest BCUT2D eigenvalue weighted by atomic mass is 10.1. The summed E-state index contributed by atoms with van der Waals surface area (Å²) in [6.07, 6.45) is 4.10. The Labute approximate surface area is 93.7 Å². The second-order valence-corrected chi connectivity index (χ2v) is 4.52. The molecule has 1 atom stereocenters. The van der Waals surface area contributed by atoms with Gasteiger partial charge in [-0.25, -0.2) is 9.07 Å². The van der Waals surface area contributed by atoms with Gasteiger partial charge in [0.15, 0.2) is 0 Å². The van der Waals surface area contributed by atoms with Crippen LogP contribution in [0.3, 0.4) is 0 Å². The van der Waals surface area contributed by atoms with Gasteiger partial charge in [0.1, 0.15) is 5.82 Å². The zero-order valence-electron chi connectivity index (χ0n) is 9.15. The number of hydrogen-bond acceptors (Lipinski definition) is 1. The number of fused-ring (bicyclic) bond motifs is 1. The van der Waals surface area contributed by atoms with E-state index in [2.05, 4.69) is 12.0 Å². The fourth-order valence-electron chi connectivity index (χ4n) is 2.38. The maximum Gasteiger partial charge on any atom is 0.123 e. The van der Waals surface area contributed by atoms with Gasteiger partial charge in [0.25, 0.3) is 0 Å². The number of benzene rings is 1. The van der Waals surface area contributed by atoms with Crippen LogP contribution in [0.15, 0.2) is 30.5 Å². The standard InChI is InChI=1S/C13H13FN2/c1-9-6-10-8-15-16(13(10)7-9)12-4-2-11(14)3-5-12/h2-5,8-9H,6-7H2,1H3. The van der Waals surface area contributed by atoms with Crippen molar-refractivity contribution in [2.75, 3.05) is 0 Å². The zero-order valence-corrected chi connectivity index (χ0v) is 9.15. The minimum absolute atomic E-state index is 0.207. The third kappa shape index (κ3) is 1.43. The Kier molecular flexibility index (Phi) is 2.06. The number of aromatic nitrogens is 2. The summed E-state index contributed by atoms with van der Waals surface area (Å²) < 4.78 is 14.8. The van der Waals surface area contributed by atoms with Gasteiger partial charge in [-0.1, -0.05) is 6.92 Å². The molecule has 3 heteroatoms. The normalized spacial score (nSPS) is 18.8. The quantitative estimate of drug-likeness (QED) is 0.716. The van der Waals surface area contributed by atoms with Crippen molar-refractivity contribution in [1.29, 1.82) is 0 Å². The number of halogens is 1. The lowest BCUT2D eigenvalue weighted by molar-refractivity contribution is 0.604. The molecular formula is C13H13FN2. The van der Waals surface area contributed by atoms with E-state index in [1.54, 1.807) is 12.1 Å². The second kappa shape index (κ2) is 3.44. The van der Waals surface area contributed by atoms with Crippen molar-refractivity contribution in [2.24, 2.45) is 5.92 Å². The van der Waals surface area contributed by atoms with Gasteiger partial charge in [-0.05, 0) is 48.6 Å². The van der Waals surface area contributed by atoms with Crippen molar-refractivity contribution in [2.45, 2.75) is 19.8 Å². The summed E-state index contributed by atoms with van der Waals surface area (Å²) in [5.74, 6) is 0.487. The molecule has 0 bridgehead atoms. The van der Waals surface area contributed by atoms with Crippen LogP contribution in [0.4, 0.5) is 4.39 Å². The smallest absolute Gasteiger partial charge is 0.123 e. The van der Waals surface area contributed by atoms with Gasteiger partial charge < -0.3 is 0 Å². The molecule has 3 rings (SSSR count). The van der Waals surface area contributed by atoms with Gasteiger partial charge in [-0.15, -0.1) is 0 Å². The van der Waals surface area contributed by atoms with E-state index >= 15 is 0 Å². The van der Waals surface area contributed by atoms with Gasteiger partial charge >= 0.3 is 0 Å². The van der Waals surface area contributed by atoms with Crippen LogP contribution in [-0.4, -0.2) is 9.78 Å². The molecule has 0 saturated heterocycles. The van der Waals surface area contributed by atoms with Crippen LogP contribution in [-0.2, 0) is 12.8 Å². The van der Waals surface area contributed by atoms with Gasteiger partial charge in [-0.2, -0.15) is 5.10 Å². The maximum atomic E-state index is 12.8. The summed E-state index contributed by atoms with van der Waals surface area (Å²) in [6.45, 7) is 2.25. The fourth-order valence-corrected chi connectivity index (χ4v) is 2.38. The van der Waals surface area contributed by atoms with E-state index in [0.717, 1.165) is 18.5 Å². The van der Waals surface area contributed by atoms with Crippen LogP contribution in [0.2, 0.25) is 0 Å². The molecule has 0 N–H and O–H groups in total. The molecule has 1 aromatic heterocycles. The Morgan fingerprint density at radius 1 is 1.25 bits per heavy atom. The summed E-state index contributed by atoms with van der Waals surface area (Å²) in [6, 6.07) is 6.49. The molecule has 1 unspecified atom stereocenters. The van der Waals surface area contributed by atoms with Crippen LogP contribution in [0.25, 0.3) is 5.69 Å². The average molecular weight is 216 g/mol. The average Bonchev–Trinajstić information content (AvgIpc) is 2.78. The molecule has 2 nitrogen and oxygen atoms in total. The van der Waals surface area contributed by atoms with Gasteiger partial charge in [-0.3, -0.25) is 0 Å². The molecular weight excluding hydrogens is 203 g/mol. The van der Waals surface area contributed by atoms with Crippen molar-refractivity contribution < 1.29 is 4.39 Å². The minimum atomic E-state index is -0.207. The maximum absolute atomic E-state index is 12.8. The van der Waals surface area contributed by atoms with E-state index in [-0.39, 0.29) is 5.82 Å². The molecule has 1 aromatic carbocycles. The molecule has 0 radical (unpaired) electrons. The van der Waals surface area contributed by atoms with Crippen LogP contribution in [0.1, 0.15) is 18.2 Å². The molecule has 0 saturated carbocycles. The molecule has 0 aliphatic heterocycles. The van der Waals surface area contributed by atoms with Crippen LogP contribution >= 0.6 is 0 Å². The SMILES string of the molecule is CC1Cc2cnn(-c3ccc(F)cc3)c2C1. The molecule has 1 aliphatic carbocycles. The number of hydrogen-bond donors (Lipinski definition) is 0. The molecule has 82 valence electrons. The first kappa shape index (κ1) is 9.58. The van der Waals surface area contributed by atoms with Crippen molar-refractivity contribution in [3.63, 3.8) is 0 Å². The van der Waals surface area contributed by atoms with Gasteiger partial charge in [0.2, 0.25) is 0 Å². The molecule has 0 fully saturated rings. The molecule has 0 amide bonds. The summed E-state index contributed by atoms with van der Waals surface area (Å²) in [5, 5.41) is 4.37. The summed E-state index contributed by atoms with van der Waals surface area (Å²) in [4.78, 5) is 0. The highest BCUT2D eigenvalue weighted by molar-refractivity contribution is 5.37. The molecule has 1 aliphatic rings. The summed E-state index contributed by atoms with van der Waals surface area (Å²) in [7, 11) is 0. The highest BCUT2D eigenvalue weighted by Crippen LogP contribution is 2.27. The Bertz CT molecular complexity index is 513. The highest BCUT2D eigenvalue weighted by Gasteiger charge is 2.22.